The molecule has 2 aromatic rings. The Bertz CT molecular complexity index is 669. The van der Waals surface area contributed by atoms with E-state index in [1.54, 1.807) is 0 Å². The van der Waals surface area contributed by atoms with Crippen LogP contribution in [0.4, 0.5) is 0 Å². The number of fused-ring (bicyclic) bond motifs is 1. The Balaban J connectivity index is 2.23. The third-order valence-electron chi connectivity index (χ3n) is 4.02. The fraction of sp³-hybridized carbons (Fsp3) is 0.222. The minimum atomic E-state index is -0.405. The molecule has 0 heterocycles. The van der Waals surface area contributed by atoms with Crippen LogP contribution in [-0.4, -0.2) is 4.84 Å². The average Bonchev–Trinajstić information content (AvgIpc) is 2.78. The molecule has 1 aliphatic rings. The highest BCUT2D eigenvalue weighted by atomic mass is 35.5. The molecule has 2 heteroatoms. The number of alkyl halides is 2. The summed E-state index contributed by atoms with van der Waals surface area (Å²) >= 11 is 12.4. The Morgan fingerprint density at radius 1 is 0.950 bits per heavy atom. The summed E-state index contributed by atoms with van der Waals surface area (Å²) in [5.41, 5.74) is 7.52. The van der Waals surface area contributed by atoms with Gasteiger partial charge in [0.2, 0.25) is 0 Å². The average molecular weight is 303 g/mol. The first kappa shape index (κ1) is 13.7. The van der Waals surface area contributed by atoms with E-state index >= 15 is 0 Å². The number of rotatable bonds is 2. The van der Waals surface area contributed by atoms with Gasteiger partial charge in [0.15, 0.2) is 0 Å². The van der Waals surface area contributed by atoms with Crippen molar-refractivity contribution in [2.75, 3.05) is 0 Å². The Morgan fingerprint density at radius 2 is 1.65 bits per heavy atom. The van der Waals surface area contributed by atoms with Gasteiger partial charge in [0.05, 0.1) is 0 Å². The van der Waals surface area contributed by atoms with Gasteiger partial charge >= 0.3 is 0 Å². The molecule has 1 atom stereocenters. The molecule has 0 aliphatic heterocycles. The second kappa shape index (κ2) is 5.27. The maximum atomic E-state index is 6.20. The van der Waals surface area contributed by atoms with Crippen molar-refractivity contribution in [3.8, 4) is 11.1 Å². The molecule has 0 bridgehead atoms. The highest BCUT2D eigenvalue weighted by Crippen LogP contribution is 2.46. The molecule has 102 valence electrons. The van der Waals surface area contributed by atoms with Gasteiger partial charge < -0.3 is 0 Å². The molecule has 0 saturated carbocycles. The molecule has 0 fully saturated rings. The lowest BCUT2D eigenvalue weighted by Crippen LogP contribution is -2.08. The van der Waals surface area contributed by atoms with Crippen molar-refractivity contribution in [2.24, 2.45) is 0 Å². The van der Waals surface area contributed by atoms with Crippen LogP contribution in [0.1, 0.15) is 29.5 Å². The van der Waals surface area contributed by atoms with Gasteiger partial charge in [0.25, 0.3) is 0 Å². The predicted molar refractivity (Wildman–Crippen MR) is 88.5 cm³/mol. The second-order valence-electron chi connectivity index (χ2n) is 5.32. The molecule has 0 amide bonds. The van der Waals surface area contributed by atoms with E-state index in [1.807, 2.05) is 6.07 Å². The number of allylic oxidation sites excluding steroid dienone is 1. The maximum Gasteiger partial charge on any atom is 0.118 e. The molecule has 1 unspecified atom stereocenters. The third kappa shape index (κ3) is 2.17. The molecule has 3 rings (SSSR count). The fourth-order valence-corrected chi connectivity index (χ4v) is 3.70. The number of hydrogen-bond donors (Lipinski definition) is 0. The quantitative estimate of drug-likeness (QED) is 0.600. The molecular formula is C18H16Cl2. The topological polar surface area (TPSA) is 0 Å². The van der Waals surface area contributed by atoms with Crippen LogP contribution in [0.2, 0.25) is 0 Å². The summed E-state index contributed by atoms with van der Waals surface area (Å²) in [6.45, 7) is 4.24. The van der Waals surface area contributed by atoms with Crippen molar-refractivity contribution in [1.82, 2.24) is 0 Å². The molecule has 0 nitrogen and oxygen atoms in total. The first-order valence-electron chi connectivity index (χ1n) is 6.75. The predicted octanol–water partition coefficient (Wildman–Crippen LogP) is 5.97. The number of benzene rings is 2. The molecule has 2 aromatic carbocycles. The normalized spacial score (nSPS) is 17.2. The lowest BCUT2D eigenvalue weighted by atomic mass is 9.90. The number of halogens is 2. The van der Waals surface area contributed by atoms with Gasteiger partial charge in [-0.1, -0.05) is 54.1 Å². The first-order valence-corrected chi connectivity index (χ1v) is 7.62. The van der Waals surface area contributed by atoms with Crippen LogP contribution in [0.5, 0.6) is 0 Å². The summed E-state index contributed by atoms with van der Waals surface area (Å²) in [6, 6.07) is 14.8. The molecule has 0 radical (unpaired) electrons. The van der Waals surface area contributed by atoms with Gasteiger partial charge in [0, 0.05) is 5.92 Å². The highest BCUT2D eigenvalue weighted by Gasteiger charge is 2.30. The van der Waals surface area contributed by atoms with Crippen LogP contribution >= 0.6 is 23.2 Å². The second-order valence-corrected chi connectivity index (χ2v) is 6.49. The smallest absolute Gasteiger partial charge is 0.104 e. The van der Waals surface area contributed by atoms with Gasteiger partial charge in [-0.15, -0.1) is 23.2 Å². The Kier molecular flexibility index (Phi) is 3.62. The minimum Gasteiger partial charge on any atom is -0.104 e. The number of hydrogen-bond acceptors (Lipinski definition) is 0. The Hall–Kier alpha value is -1.24. The van der Waals surface area contributed by atoms with E-state index in [4.69, 9.17) is 23.2 Å². The monoisotopic (exact) mass is 302 g/mol. The van der Waals surface area contributed by atoms with E-state index in [2.05, 4.69) is 56.3 Å². The molecule has 1 aliphatic carbocycles. The van der Waals surface area contributed by atoms with Crippen molar-refractivity contribution in [3.05, 3.63) is 64.7 Å². The van der Waals surface area contributed by atoms with Crippen molar-refractivity contribution in [1.29, 1.82) is 0 Å². The molecule has 20 heavy (non-hydrogen) atoms. The largest absolute Gasteiger partial charge is 0.118 e. The summed E-state index contributed by atoms with van der Waals surface area (Å²) < 4.78 is 0. The maximum absolute atomic E-state index is 6.20. The van der Waals surface area contributed by atoms with Gasteiger partial charge in [0.1, 0.15) is 4.84 Å². The lowest BCUT2D eigenvalue weighted by molar-refractivity contribution is 0.876. The van der Waals surface area contributed by atoms with Crippen molar-refractivity contribution in [2.45, 2.75) is 24.6 Å². The molecule has 0 aromatic heterocycles. The van der Waals surface area contributed by atoms with Crippen LogP contribution in [0.3, 0.4) is 0 Å². The molecule has 0 spiro atoms. The summed E-state index contributed by atoms with van der Waals surface area (Å²) in [7, 11) is 0. The van der Waals surface area contributed by atoms with Crippen LogP contribution in [-0.2, 0) is 0 Å². The van der Waals surface area contributed by atoms with E-state index in [0.29, 0.717) is 0 Å². The van der Waals surface area contributed by atoms with Crippen LogP contribution in [0.25, 0.3) is 17.2 Å². The Morgan fingerprint density at radius 3 is 2.30 bits per heavy atom. The third-order valence-corrected chi connectivity index (χ3v) is 4.52. The number of aryl methyl sites for hydroxylation is 1. The molecule has 0 N–H and O–H groups in total. The fourth-order valence-electron chi connectivity index (χ4n) is 3.05. The Labute approximate surface area is 130 Å². The lowest BCUT2D eigenvalue weighted by Gasteiger charge is -2.19. The standard InChI is InChI=1S/C18H16Cl2/c1-11-8-9-14(13-6-4-3-5-7-13)15-10-12(2)17(16(11)15)18(19)20/h3-10,17-18H,1-2H3. The zero-order valence-corrected chi connectivity index (χ0v) is 13.0. The minimum absolute atomic E-state index is 0.108. The summed E-state index contributed by atoms with van der Waals surface area (Å²) in [5.74, 6) is 0.108. The molecule has 0 saturated heterocycles. The van der Waals surface area contributed by atoms with Gasteiger partial charge in [-0.2, -0.15) is 0 Å². The zero-order chi connectivity index (χ0) is 14.3. The van der Waals surface area contributed by atoms with E-state index in [9.17, 15) is 0 Å². The molecular weight excluding hydrogens is 287 g/mol. The highest BCUT2D eigenvalue weighted by molar-refractivity contribution is 6.45. The van der Waals surface area contributed by atoms with Crippen LogP contribution in [0, 0.1) is 6.92 Å². The van der Waals surface area contributed by atoms with Crippen molar-refractivity contribution in [3.63, 3.8) is 0 Å². The SMILES string of the molecule is CC1=Cc2c(-c3ccccc3)ccc(C)c2C1C(Cl)Cl. The summed E-state index contributed by atoms with van der Waals surface area (Å²) in [4.78, 5) is -0.405. The van der Waals surface area contributed by atoms with Gasteiger partial charge in [-0.3, -0.25) is 0 Å². The van der Waals surface area contributed by atoms with Gasteiger partial charge in [-0.05, 0) is 41.7 Å². The van der Waals surface area contributed by atoms with E-state index in [-0.39, 0.29) is 5.92 Å². The van der Waals surface area contributed by atoms with E-state index in [1.165, 1.54) is 33.4 Å². The van der Waals surface area contributed by atoms with Crippen LogP contribution < -0.4 is 0 Å². The summed E-state index contributed by atoms with van der Waals surface area (Å²) in [6.07, 6.45) is 2.23. The van der Waals surface area contributed by atoms with E-state index < -0.39 is 4.84 Å². The van der Waals surface area contributed by atoms with Crippen molar-refractivity contribution >= 4 is 29.3 Å². The van der Waals surface area contributed by atoms with Gasteiger partial charge in [-0.25, -0.2) is 0 Å². The zero-order valence-electron chi connectivity index (χ0n) is 11.5. The van der Waals surface area contributed by atoms with Crippen molar-refractivity contribution < 1.29 is 0 Å². The van der Waals surface area contributed by atoms with Crippen LogP contribution in [0.15, 0.2) is 48.0 Å². The summed E-state index contributed by atoms with van der Waals surface area (Å²) in [5, 5.41) is 0. The van der Waals surface area contributed by atoms with E-state index in [0.717, 1.165) is 0 Å². The first-order chi connectivity index (χ1) is 9.59.